The number of ether oxygens (including phenoxy) is 9. The van der Waals surface area contributed by atoms with Crippen LogP contribution >= 0.6 is 23.2 Å². The normalized spacial score (nSPS) is 33.1. The molecule has 20 N–H and O–H groups in total. The summed E-state index contributed by atoms with van der Waals surface area (Å²) in [4.78, 5) is 140. The van der Waals surface area contributed by atoms with Gasteiger partial charge >= 0.3 is 6.09 Å². The first-order chi connectivity index (χ1) is 62.7. The van der Waals surface area contributed by atoms with Crippen molar-refractivity contribution in [3.05, 3.63) is 117 Å². The summed E-state index contributed by atoms with van der Waals surface area (Å²) in [5, 5.41) is 112. The van der Waals surface area contributed by atoms with E-state index in [2.05, 4.69) is 38.8 Å². The molecular formula is C95H123Cl2N9O26. The lowest BCUT2D eigenvalue weighted by molar-refractivity contribution is -0.333. The molecule has 22 atom stereocenters. The average Bonchev–Trinajstić information content (AvgIpc) is 0.754. The van der Waals surface area contributed by atoms with Crippen LogP contribution in [0.5, 0.6) is 46.0 Å². The lowest BCUT2D eigenvalue weighted by atomic mass is 9.51. The van der Waals surface area contributed by atoms with Crippen LogP contribution in [0, 0.1) is 41.4 Å². The second-order valence-electron chi connectivity index (χ2n) is 38.3. The van der Waals surface area contributed by atoms with E-state index in [0.29, 0.717) is 18.3 Å². The van der Waals surface area contributed by atoms with Crippen LogP contribution in [0.2, 0.25) is 10.0 Å². The Kier molecular flexibility index (Phi) is 31.1. The molecule has 5 aromatic carbocycles. The molecule has 7 fully saturated rings. The summed E-state index contributed by atoms with van der Waals surface area (Å²) in [6.07, 6.45) is -15.4. The quantitative estimate of drug-likeness (QED) is 0.0246. The summed E-state index contributed by atoms with van der Waals surface area (Å²) >= 11 is 14.9. The van der Waals surface area contributed by atoms with E-state index in [1.165, 1.54) is 82.4 Å². The van der Waals surface area contributed by atoms with Crippen LogP contribution in [-0.4, -0.2) is 211 Å². The van der Waals surface area contributed by atoms with Gasteiger partial charge in [-0.2, -0.15) is 0 Å². The number of ketones is 3. The van der Waals surface area contributed by atoms with Gasteiger partial charge in [0.15, 0.2) is 47.5 Å². The lowest BCUT2D eigenvalue weighted by Gasteiger charge is -2.54. The van der Waals surface area contributed by atoms with E-state index in [0.717, 1.165) is 88.5 Å². The molecule has 8 heterocycles. The first-order valence-electron chi connectivity index (χ1n) is 45.7. The minimum absolute atomic E-state index is 0.0530. The standard InChI is InChI=1S/C95H123Cl2N9O26/c1-9-10-11-12-13-14-21-102-93(123)126-54-35-58-75(63(109)36-54)57-28-47(15-18-62(57)108)56-38-65(111)76-52-32-69(127-67-19-16-48(29-59(67)96)80(114)78(105-90(121)61(101-8)22-42(2)3)64(110)31-53(34-72(98)113)88(119)103-76)84(132-92-85(82(116)81(115)71(41-107)129-92)131-74-40-95(7,100)87(118)44(5)125-74)70(33-52)128-68-20-17-49(30-60(68)97)83(130-73-39-94(6,99)86(117)43(4)124-73)79(106-89(56)120)91(122)104-77(58)66(112)37-55-50-24-45-23-46(26-50)27-51(55)25-45/h15-20,28-30,32-33,35-36,42-46,50-51,53,55-56,61,71,73-74,76-83,85-87,92,101,107-109,114-118H,9-14,21-27,31,34,37-41,99-100H2,1-8H3,(H2,98,113)(H,102,123)(H,103,119)(H,104,122)(H,105,121)(H,106,120)/t43?,44?,45?,46?,50?,51?,53-,55?,56+,61+,71?,73?,74?,76+,77-,78-,79+,80+,81?,82?,83+,85?,86?,87?,92?,94?,95?/m0/s1. The highest BCUT2D eigenvalue weighted by atomic mass is 35.5. The van der Waals surface area contributed by atoms with Crippen molar-refractivity contribution in [3.63, 3.8) is 0 Å². The Bertz CT molecular complexity index is 5090. The number of phenolic OH excluding ortho intramolecular Hbond substituents is 2. The molecule has 13 unspecified atom stereocenters. The number of aliphatic hydroxyl groups excluding tert-OH is 6. The lowest BCUT2D eigenvalue weighted by Crippen LogP contribution is -2.64. The van der Waals surface area contributed by atoms with Crippen LogP contribution in [0.3, 0.4) is 0 Å². The average molecular weight is 1880 g/mol. The molecule has 15 bridgehead atoms. The smallest absolute Gasteiger partial charge is 0.412 e. The third-order valence-corrected chi connectivity index (χ3v) is 28.3. The highest BCUT2D eigenvalue weighted by molar-refractivity contribution is 6.32. The zero-order chi connectivity index (χ0) is 95.0. The molecule has 4 saturated carbocycles. The number of carbonyl (C=O) groups is 9. The molecule has 0 radical (unpaired) electrons. The SMILES string of the molecule is CCCCCCCCNC(=O)Oc1cc(O)c2c(c1)[C@@H](C(=O)CC1C3CC4CC(C3)CC1C4)NC(=O)[C@@H]1NC(=O)[C@H](CC(=O)[C@@H]3NC(=O)[C@H](CC(N)=O)CC(=O)[C@H](NC(=O)[C@@H](CC(C)C)NC)[C@H](O)c4ccc(c(Cl)c4)Oc4cc3cc(c4OC3OC(CO)C(O)C(O)C3OC3CC(C)(N)C(O)C(C)O3)Oc3ccc(cc3Cl)[C@H]1OC1CC(C)(N)C(O)C(C)O1)c1ccc(O)c-2c1. The van der Waals surface area contributed by atoms with Gasteiger partial charge in [-0.1, -0.05) is 94.3 Å². The fraction of sp³-hybridized carbons (Fsp3) is 0.589. The number of aromatic hydroxyl groups is 2. The van der Waals surface area contributed by atoms with Gasteiger partial charge in [0.2, 0.25) is 41.6 Å². The zero-order valence-corrected chi connectivity index (χ0v) is 76.6. The number of phenols is 2. The molecule has 8 aliphatic heterocycles. The summed E-state index contributed by atoms with van der Waals surface area (Å²) in [6.45, 7) is 11.2. The van der Waals surface area contributed by atoms with Crippen LogP contribution in [0.1, 0.15) is 222 Å². The van der Waals surface area contributed by atoms with Gasteiger partial charge in [-0.15, -0.1) is 0 Å². The topological polar surface area (TPSA) is 549 Å². The predicted molar refractivity (Wildman–Crippen MR) is 477 cm³/mol. The number of carbonyl (C=O) groups excluding carboxylic acids is 9. The summed E-state index contributed by atoms with van der Waals surface area (Å²) in [7, 11) is 1.51. The molecule has 718 valence electrons. The highest BCUT2D eigenvalue weighted by Gasteiger charge is 2.54. The molecule has 5 aromatic rings. The monoisotopic (exact) mass is 1880 g/mol. The minimum Gasteiger partial charge on any atom is -0.507 e. The van der Waals surface area contributed by atoms with Crippen LogP contribution < -0.4 is 68.0 Å². The number of unbranched alkanes of at least 4 members (excludes halogenated alkanes) is 5. The predicted octanol–water partition coefficient (Wildman–Crippen LogP) is 8.01. The number of nitrogens with two attached hydrogens (primary N) is 3. The number of benzene rings is 5. The Balaban J connectivity index is 0.996. The minimum atomic E-state index is -2.23. The van der Waals surface area contributed by atoms with Gasteiger partial charge in [0.05, 0.1) is 58.9 Å². The molecule has 6 amide bonds. The maximum Gasteiger partial charge on any atom is 0.412 e. The van der Waals surface area contributed by atoms with Crippen molar-refractivity contribution in [2.45, 2.75) is 291 Å². The summed E-state index contributed by atoms with van der Waals surface area (Å²) < 4.78 is 59.0. The fourth-order valence-corrected chi connectivity index (χ4v) is 21.3. The Morgan fingerprint density at radius 1 is 0.652 bits per heavy atom. The van der Waals surface area contributed by atoms with Gasteiger partial charge in [0, 0.05) is 73.3 Å². The van der Waals surface area contributed by atoms with E-state index in [-0.39, 0.29) is 122 Å². The maximum absolute atomic E-state index is 17.0. The van der Waals surface area contributed by atoms with Crippen molar-refractivity contribution in [1.29, 1.82) is 0 Å². The van der Waals surface area contributed by atoms with Crippen molar-refractivity contribution in [2.75, 3.05) is 20.2 Å². The third kappa shape index (κ3) is 22.0. The van der Waals surface area contributed by atoms with Gasteiger partial charge in [0.1, 0.15) is 83.4 Å². The largest absolute Gasteiger partial charge is 0.507 e. The zero-order valence-electron chi connectivity index (χ0n) is 75.1. The molecule has 4 aliphatic carbocycles. The molecule has 132 heavy (non-hydrogen) atoms. The molecule has 12 aliphatic rings. The summed E-state index contributed by atoms with van der Waals surface area (Å²) in [6, 6.07) is 6.91. The number of amides is 6. The third-order valence-electron chi connectivity index (χ3n) is 27.7. The van der Waals surface area contributed by atoms with E-state index in [1.54, 1.807) is 6.92 Å². The van der Waals surface area contributed by atoms with Gasteiger partial charge in [-0.3, -0.25) is 38.4 Å². The van der Waals surface area contributed by atoms with Gasteiger partial charge < -0.3 is 133 Å². The highest BCUT2D eigenvalue weighted by Crippen LogP contribution is 2.59. The molecule has 37 heteroatoms. The van der Waals surface area contributed by atoms with E-state index in [9.17, 15) is 55.2 Å². The number of nitrogens with one attached hydrogen (secondary N) is 6. The van der Waals surface area contributed by atoms with Gasteiger partial charge in [-0.25, -0.2) is 4.79 Å². The second-order valence-corrected chi connectivity index (χ2v) is 39.1. The number of hydrogen-bond donors (Lipinski definition) is 17. The van der Waals surface area contributed by atoms with E-state index >= 15 is 28.8 Å². The van der Waals surface area contributed by atoms with Crippen molar-refractivity contribution >= 4 is 76.2 Å². The second kappa shape index (κ2) is 41.5. The van der Waals surface area contributed by atoms with E-state index in [4.69, 9.17) is 83.0 Å². The number of aliphatic hydroxyl groups is 6. The van der Waals surface area contributed by atoms with Crippen molar-refractivity contribution < 1.29 is 127 Å². The van der Waals surface area contributed by atoms with Crippen molar-refractivity contribution in [2.24, 2.45) is 58.6 Å². The Morgan fingerprint density at radius 3 is 1.86 bits per heavy atom. The number of rotatable bonds is 25. The molecular weight excluding hydrogens is 1750 g/mol. The number of halogens is 2. The summed E-state index contributed by atoms with van der Waals surface area (Å²) in [5.74, 6) is -15.3. The van der Waals surface area contributed by atoms with Crippen LogP contribution in [0.15, 0.2) is 78.9 Å². The van der Waals surface area contributed by atoms with Crippen molar-refractivity contribution in [1.82, 2.24) is 31.9 Å². The van der Waals surface area contributed by atoms with Crippen LogP contribution in [0.25, 0.3) is 11.1 Å². The van der Waals surface area contributed by atoms with Crippen LogP contribution in [-0.2, 0) is 62.0 Å². The summed E-state index contributed by atoms with van der Waals surface area (Å²) in [5.41, 5.74) is 15.1. The number of Topliss-reactive ketones (excluding diaryl/α,β-unsaturated/α-hetero) is 3. The van der Waals surface area contributed by atoms with Crippen LogP contribution in [0.4, 0.5) is 4.79 Å². The fourth-order valence-electron chi connectivity index (χ4n) is 20.8. The molecule has 0 aromatic heterocycles. The molecule has 35 nitrogen and oxygen atoms in total. The number of hydrogen-bond acceptors (Lipinski definition) is 29. The van der Waals surface area contributed by atoms with Gasteiger partial charge in [0.25, 0.3) is 0 Å². The maximum atomic E-state index is 17.0. The number of primary amides is 1. The first-order valence-corrected chi connectivity index (χ1v) is 46.5. The number of fused-ring (bicyclic) bond motifs is 15. The first kappa shape index (κ1) is 98.7. The van der Waals surface area contributed by atoms with E-state index in [1.807, 2.05) is 13.8 Å². The molecule has 0 spiro atoms. The van der Waals surface area contributed by atoms with E-state index < -0.39 is 241 Å². The Morgan fingerprint density at radius 2 is 1.26 bits per heavy atom. The molecule has 17 rings (SSSR count). The van der Waals surface area contributed by atoms with Gasteiger partial charge in [-0.05, 0) is 198 Å². The Hall–Kier alpha value is -9.25. The Labute approximate surface area is 774 Å². The molecule has 3 saturated heterocycles. The van der Waals surface area contributed by atoms with Crippen molar-refractivity contribution in [3.8, 4) is 57.1 Å². The number of likely N-dealkylation sites (N-methyl/N-ethyl adjacent to an activating group) is 1.